The Balaban J connectivity index is 1.41. The fourth-order valence-electron chi connectivity index (χ4n) is 11.8. The number of rotatable bonds is 5. The minimum Gasteiger partial charge on any atom is -0.390 e. The van der Waals surface area contributed by atoms with Gasteiger partial charge in [0.25, 0.3) is 0 Å². The summed E-state index contributed by atoms with van der Waals surface area (Å²) in [6.07, 6.45) is 11.2. The van der Waals surface area contributed by atoms with Crippen molar-refractivity contribution in [3.63, 3.8) is 0 Å². The lowest BCUT2D eigenvalue weighted by Crippen LogP contribution is -2.51. The molecule has 5 unspecified atom stereocenters. The largest absolute Gasteiger partial charge is 0.390 e. The van der Waals surface area contributed by atoms with Crippen molar-refractivity contribution in [2.24, 2.45) is 63.6 Å². The number of hydrogen-bond acceptors (Lipinski definition) is 3. The molecule has 5 aliphatic carbocycles. The van der Waals surface area contributed by atoms with Crippen LogP contribution in [0.1, 0.15) is 113 Å². The SMILES string of the molecule is CC1C2CC[C@H]3C4CC(O)(O)C([C@H](C)CCCC(C)(C)O)[C@@]4(C)CC[C@]34[C@H](C)C24CC[C@@H]1C. The Labute approximate surface area is 203 Å². The molecule has 33 heavy (non-hydrogen) atoms. The molecular formula is C30H52O3. The van der Waals surface area contributed by atoms with E-state index in [1.165, 1.54) is 38.5 Å². The number of fused-ring (bicyclic) bond motifs is 2. The Hall–Kier alpha value is -0.120. The Morgan fingerprint density at radius 1 is 0.909 bits per heavy atom. The molecule has 0 aromatic carbocycles. The monoisotopic (exact) mass is 460 g/mol. The quantitative estimate of drug-likeness (QED) is 0.416. The molecule has 3 nitrogen and oxygen atoms in total. The zero-order chi connectivity index (χ0) is 24.2. The third-order valence-corrected chi connectivity index (χ3v) is 13.1. The van der Waals surface area contributed by atoms with Crippen molar-refractivity contribution in [1.82, 2.24) is 0 Å². The van der Waals surface area contributed by atoms with Crippen LogP contribution in [-0.4, -0.2) is 26.7 Å². The van der Waals surface area contributed by atoms with Gasteiger partial charge in [-0.15, -0.1) is 0 Å². The van der Waals surface area contributed by atoms with Crippen LogP contribution in [0.25, 0.3) is 0 Å². The first-order valence-corrected chi connectivity index (χ1v) is 14.4. The molecule has 0 aromatic heterocycles. The predicted octanol–water partition coefficient (Wildman–Crippen LogP) is 6.40. The van der Waals surface area contributed by atoms with Crippen molar-refractivity contribution in [1.29, 1.82) is 0 Å². The van der Waals surface area contributed by atoms with Crippen molar-refractivity contribution >= 4 is 0 Å². The fourth-order valence-corrected chi connectivity index (χ4v) is 11.8. The standard InChI is InChI=1S/C30H52O3/c1-18-12-14-28-21(4)29(28)16-15-27(7)24(23(29)11-10-22(28)20(18)3)17-30(32,33)25(27)19(2)9-8-13-26(5,6)31/h18-25,31-33H,8-17H2,1-7H3/t18-,19+,20?,21+,22?,23-,24?,25?,27-,28?,29-/m0/s1. The van der Waals surface area contributed by atoms with E-state index in [1.54, 1.807) is 0 Å². The lowest BCUT2D eigenvalue weighted by atomic mass is 9.47. The molecule has 5 aliphatic rings. The highest BCUT2D eigenvalue weighted by atomic mass is 16.5. The van der Waals surface area contributed by atoms with Gasteiger partial charge < -0.3 is 15.3 Å². The lowest BCUT2D eigenvalue weighted by molar-refractivity contribution is -0.210. The van der Waals surface area contributed by atoms with Gasteiger partial charge >= 0.3 is 0 Å². The van der Waals surface area contributed by atoms with E-state index < -0.39 is 11.4 Å². The van der Waals surface area contributed by atoms with Gasteiger partial charge in [0.2, 0.25) is 0 Å². The zero-order valence-corrected chi connectivity index (χ0v) is 22.5. The van der Waals surface area contributed by atoms with Crippen LogP contribution in [0.2, 0.25) is 0 Å². The number of hydrogen-bond donors (Lipinski definition) is 3. The maximum Gasteiger partial charge on any atom is 0.166 e. The Bertz CT molecular complexity index is 769. The van der Waals surface area contributed by atoms with Crippen LogP contribution >= 0.6 is 0 Å². The molecule has 0 aliphatic heterocycles. The van der Waals surface area contributed by atoms with E-state index in [4.69, 9.17) is 0 Å². The summed E-state index contributed by atoms with van der Waals surface area (Å²) in [6, 6.07) is 0. The molecule has 5 rings (SSSR count). The minimum atomic E-state index is -1.55. The smallest absolute Gasteiger partial charge is 0.166 e. The average Bonchev–Trinajstić information content (AvgIpc) is 3.13. The Morgan fingerprint density at radius 3 is 2.21 bits per heavy atom. The second kappa shape index (κ2) is 7.45. The molecule has 0 radical (unpaired) electrons. The molecule has 0 bridgehead atoms. The first-order chi connectivity index (χ1) is 15.2. The normalized spacial score (nSPS) is 53.5. The number of aliphatic hydroxyl groups is 3. The summed E-state index contributed by atoms with van der Waals surface area (Å²) < 4.78 is 0. The van der Waals surface area contributed by atoms with E-state index >= 15 is 0 Å². The van der Waals surface area contributed by atoms with E-state index in [-0.39, 0.29) is 17.3 Å². The van der Waals surface area contributed by atoms with E-state index in [2.05, 4.69) is 34.6 Å². The van der Waals surface area contributed by atoms with Crippen molar-refractivity contribution in [3.8, 4) is 0 Å². The van der Waals surface area contributed by atoms with Crippen LogP contribution in [-0.2, 0) is 0 Å². The molecule has 0 saturated heterocycles. The third kappa shape index (κ3) is 3.16. The van der Waals surface area contributed by atoms with Gasteiger partial charge in [0.05, 0.1) is 5.60 Å². The third-order valence-electron chi connectivity index (χ3n) is 13.1. The molecule has 3 N–H and O–H groups in total. The first-order valence-electron chi connectivity index (χ1n) is 14.4. The van der Waals surface area contributed by atoms with Gasteiger partial charge in [0.1, 0.15) is 0 Å². The molecule has 5 saturated carbocycles. The summed E-state index contributed by atoms with van der Waals surface area (Å²) in [4.78, 5) is 0. The second-order valence-electron chi connectivity index (χ2n) is 14.8. The minimum absolute atomic E-state index is 0.0253. The zero-order valence-electron chi connectivity index (χ0n) is 22.5. The predicted molar refractivity (Wildman–Crippen MR) is 133 cm³/mol. The second-order valence-corrected chi connectivity index (χ2v) is 14.8. The van der Waals surface area contributed by atoms with E-state index in [0.29, 0.717) is 29.1 Å². The highest BCUT2D eigenvalue weighted by Gasteiger charge is 2.84. The first kappa shape index (κ1) is 24.6. The summed E-state index contributed by atoms with van der Waals surface area (Å²) in [7, 11) is 0. The maximum atomic E-state index is 11.4. The summed E-state index contributed by atoms with van der Waals surface area (Å²) >= 11 is 0. The van der Waals surface area contributed by atoms with Crippen molar-refractivity contribution in [3.05, 3.63) is 0 Å². The summed E-state index contributed by atoms with van der Waals surface area (Å²) in [5, 5.41) is 33.0. The topological polar surface area (TPSA) is 60.7 Å². The lowest BCUT2D eigenvalue weighted by Gasteiger charge is -2.57. The molecule has 2 spiro atoms. The van der Waals surface area contributed by atoms with E-state index in [9.17, 15) is 15.3 Å². The maximum absolute atomic E-state index is 11.4. The van der Waals surface area contributed by atoms with Crippen LogP contribution in [0.15, 0.2) is 0 Å². The van der Waals surface area contributed by atoms with Crippen LogP contribution < -0.4 is 0 Å². The van der Waals surface area contributed by atoms with Crippen LogP contribution in [0.5, 0.6) is 0 Å². The van der Waals surface area contributed by atoms with Crippen LogP contribution in [0.4, 0.5) is 0 Å². The van der Waals surface area contributed by atoms with Gasteiger partial charge in [-0.1, -0.05) is 47.5 Å². The molecule has 0 aromatic rings. The van der Waals surface area contributed by atoms with E-state index in [0.717, 1.165) is 42.9 Å². The highest BCUT2D eigenvalue weighted by molar-refractivity contribution is 5.31. The molecular weight excluding hydrogens is 408 g/mol. The summed E-state index contributed by atoms with van der Waals surface area (Å²) in [6.45, 7) is 16.0. The van der Waals surface area contributed by atoms with Crippen LogP contribution in [0, 0.1) is 63.6 Å². The molecule has 190 valence electrons. The van der Waals surface area contributed by atoms with Gasteiger partial charge in [-0.3, -0.25) is 0 Å². The van der Waals surface area contributed by atoms with Gasteiger partial charge in [-0.2, -0.15) is 0 Å². The van der Waals surface area contributed by atoms with Gasteiger partial charge in [-0.05, 0) is 116 Å². The molecule has 11 atom stereocenters. The Kier molecular flexibility index (Phi) is 5.55. The highest BCUT2D eigenvalue weighted by Crippen LogP contribution is 2.89. The summed E-state index contributed by atoms with van der Waals surface area (Å²) in [5.74, 6) is 3.20. The fraction of sp³-hybridized carbons (Fsp3) is 1.00. The molecule has 5 fully saturated rings. The molecule has 3 heteroatoms. The molecule has 0 heterocycles. The van der Waals surface area contributed by atoms with Crippen molar-refractivity contribution in [2.45, 2.75) is 124 Å². The van der Waals surface area contributed by atoms with Gasteiger partial charge in [-0.25, -0.2) is 0 Å². The van der Waals surface area contributed by atoms with E-state index in [1.807, 2.05) is 13.8 Å². The van der Waals surface area contributed by atoms with Crippen molar-refractivity contribution < 1.29 is 15.3 Å². The summed E-state index contributed by atoms with van der Waals surface area (Å²) in [5.41, 5.74) is 0.409. The molecule has 0 amide bonds. The van der Waals surface area contributed by atoms with Crippen molar-refractivity contribution in [2.75, 3.05) is 0 Å². The van der Waals surface area contributed by atoms with Gasteiger partial charge in [0, 0.05) is 12.3 Å². The Morgan fingerprint density at radius 2 is 1.55 bits per heavy atom. The van der Waals surface area contributed by atoms with Crippen LogP contribution in [0.3, 0.4) is 0 Å². The van der Waals surface area contributed by atoms with Gasteiger partial charge in [0.15, 0.2) is 5.79 Å². The average molecular weight is 461 g/mol.